The van der Waals surface area contributed by atoms with Crippen LogP contribution in [-0.2, 0) is 42.7 Å². The molecule has 0 aromatic carbocycles. The number of hydrogen-bond acceptors (Lipinski definition) is 22. The molecule has 9 rings (SSSR count). The molecular weight excluding hydrogens is 977 g/mol. The van der Waals surface area contributed by atoms with E-state index in [0.29, 0.717) is 38.5 Å². The molecule has 0 aromatic heterocycles. The monoisotopic (exact) mass is 1060 g/mol. The fraction of sp³-hybridized carbons (Fsp3) is 0.904. The van der Waals surface area contributed by atoms with Crippen LogP contribution in [0.5, 0.6) is 0 Å². The first-order chi connectivity index (χ1) is 34.7. The summed E-state index contributed by atoms with van der Waals surface area (Å²) in [6, 6.07) is 0. The number of hydrogen-bond donors (Lipinski definition) is 13. The Bertz CT molecular complexity index is 2080. The minimum Gasteiger partial charge on any atom is -0.432 e. The van der Waals surface area contributed by atoms with Crippen LogP contribution in [0.1, 0.15) is 99.3 Å². The summed E-state index contributed by atoms with van der Waals surface area (Å²) in [4.78, 5) is 14.9. The van der Waals surface area contributed by atoms with Crippen LogP contribution in [0.15, 0.2) is 23.8 Å². The maximum absolute atomic E-state index is 14.9. The van der Waals surface area contributed by atoms with E-state index in [2.05, 4.69) is 47.3 Å². The molecule has 0 bridgehead atoms. The smallest absolute Gasteiger partial charge is 0.315 e. The first kappa shape index (κ1) is 56.9. The number of aliphatic hydroxyl groups is 13. The molecule has 22 nitrogen and oxygen atoms in total. The molecule has 0 spiro atoms. The van der Waals surface area contributed by atoms with E-state index in [1.807, 2.05) is 0 Å². The van der Waals surface area contributed by atoms with Crippen LogP contribution in [0.25, 0.3) is 0 Å². The summed E-state index contributed by atoms with van der Waals surface area (Å²) >= 11 is 0. The second-order valence-corrected chi connectivity index (χ2v) is 24.6. The normalized spacial score (nSPS) is 54.4. The van der Waals surface area contributed by atoms with Gasteiger partial charge in [-0.3, -0.25) is 4.79 Å². The van der Waals surface area contributed by atoms with Gasteiger partial charge in [-0.1, -0.05) is 58.4 Å². The Morgan fingerprint density at radius 1 is 0.689 bits per heavy atom. The molecule has 13 N–H and O–H groups in total. The van der Waals surface area contributed by atoms with Gasteiger partial charge in [0, 0.05) is 5.92 Å². The first-order valence-electron chi connectivity index (χ1n) is 26.5. The predicted octanol–water partition coefficient (Wildman–Crippen LogP) is -1.87. The molecule has 22 heteroatoms. The van der Waals surface area contributed by atoms with Crippen molar-refractivity contribution in [2.75, 3.05) is 19.8 Å². The molecule has 0 radical (unpaired) electrons. The van der Waals surface area contributed by atoms with E-state index in [4.69, 9.17) is 37.9 Å². The summed E-state index contributed by atoms with van der Waals surface area (Å²) < 4.78 is 46.1. The van der Waals surface area contributed by atoms with Crippen LogP contribution < -0.4 is 0 Å². The van der Waals surface area contributed by atoms with Gasteiger partial charge >= 0.3 is 5.97 Å². The lowest BCUT2D eigenvalue weighted by atomic mass is 9.33. The van der Waals surface area contributed by atoms with Crippen molar-refractivity contribution in [1.29, 1.82) is 0 Å². The van der Waals surface area contributed by atoms with Crippen molar-refractivity contribution in [2.24, 2.45) is 44.8 Å². The Balaban J connectivity index is 0.862. The van der Waals surface area contributed by atoms with Crippen LogP contribution >= 0.6 is 0 Å². The summed E-state index contributed by atoms with van der Waals surface area (Å²) in [5.41, 5.74) is -0.120. The van der Waals surface area contributed by atoms with E-state index >= 15 is 0 Å². The van der Waals surface area contributed by atoms with E-state index in [1.165, 1.54) is 12.5 Å². The van der Waals surface area contributed by atoms with Gasteiger partial charge in [-0.25, -0.2) is 0 Å². The molecule has 74 heavy (non-hydrogen) atoms. The lowest BCUT2D eigenvalue weighted by Crippen LogP contribution is -2.67. The molecule has 422 valence electrons. The molecule has 28 atom stereocenters. The van der Waals surface area contributed by atoms with Crippen LogP contribution in [0.3, 0.4) is 0 Å². The molecule has 0 amide bonds. The fourth-order valence-electron chi connectivity index (χ4n) is 15.7. The van der Waals surface area contributed by atoms with E-state index in [9.17, 15) is 71.2 Å². The average Bonchev–Trinajstić information content (AvgIpc) is 3.35. The maximum Gasteiger partial charge on any atom is 0.315 e. The fourth-order valence-corrected chi connectivity index (χ4v) is 15.7. The van der Waals surface area contributed by atoms with Gasteiger partial charge in [0.25, 0.3) is 0 Å². The van der Waals surface area contributed by atoms with Crippen molar-refractivity contribution in [3.8, 4) is 0 Å². The van der Waals surface area contributed by atoms with Crippen LogP contribution in [0, 0.1) is 44.8 Å². The Labute approximate surface area is 430 Å². The molecule has 9 aliphatic rings. The zero-order valence-electron chi connectivity index (χ0n) is 43.1. The van der Waals surface area contributed by atoms with Gasteiger partial charge in [-0.15, -0.1) is 0 Å². The van der Waals surface area contributed by atoms with E-state index < -0.39 is 166 Å². The van der Waals surface area contributed by atoms with Gasteiger partial charge in [0.2, 0.25) is 6.29 Å². The Morgan fingerprint density at radius 3 is 2.05 bits per heavy atom. The van der Waals surface area contributed by atoms with Crippen molar-refractivity contribution in [2.45, 2.75) is 228 Å². The number of fused-ring (bicyclic) bond motifs is 7. The van der Waals surface area contributed by atoms with Crippen LogP contribution in [0.4, 0.5) is 0 Å². The minimum absolute atomic E-state index is 0.199. The molecule has 4 aliphatic heterocycles. The van der Waals surface area contributed by atoms with Crippen molar-refractivity contribution in [3.05, 3.63) is 23.8 Å². The maximum atomic E-state index is 14.9. The zero-order valence-corrected chi connectivity index (χ0v) is 43.1. The lowest BCUT2D eigenvalue weighted by Gasteiger charge is -2.71. The molecule has 4 saturated heterocycles. The Kier molecular flexibility index (Phi) is 15.9. The predicted molar refractivity (Wildman–Crippen MR) is 252 cm³/mol. The molecule has 8 fully saturated rings. The molecule has 0 aromatic rings. The highest BCUT2D eigenvalue weighted by atomic mass is 16.8. The molecule has 4 heterocycles. The standard InChI is InChI=1S/C52H82O22/c1-21-10-13-52(15-14-50(6)23(24(52)16-21)8-9-30-49(5)17-25(54)42(65)48(3,4)29(49)11-12-51(30,50)7)47(66)74-45-37(62)34(59)33(58)28(71-45)20-68-43-38(63)35(60)40(27(18-53)70-43)72-46-39(64)41(31(56)22(2)69-46)73-44-36(61)32(57)26(55)19-67-44/h8,22,24-46,53-65H,1,9-20H2,2-7H3/t22-,24-,25+,26+,27+,28+,29-,30+,31-,32-,33+,34-,35+,36+,37+,38+,39+,40+,41+,42-,43+,44-,45-,46-,49-,50+,51+,52-/m0/s1. The average molecular weight is 1060 g/mol. The highest BCUT2D eigenvalue weighted by Crippen LogP contribution is 2.75. The largest absolute Gasteiger partial charge is 0.432 e. The van der Waals surface area contributed by atoms with Gasteiger partial charge in [0.15, 0.2) is 18.9 Å². The molecule has 4 saturated carbocycles. The van der Waals surface area contributed by atoms with E-state index in [1.54, 1.807) is 0 Å². The molecule has 0 unspecified atom stereocenters. The second-order valence-electron chi connectivity index (χ2n) is 24.6. The van der Waals surface area contributed by atoms with Crippen molar-refractivity contribution in [1.82, 2.24) is 0 Å². The summed E-state index contributed by atoms with van der Waals surface area (Å²) in [6.07, 6.45) is -25.4. The second kappa shape index (κ2) is 20.7. The zero-order chi connectivity index (χ0) is 53.9. The van der Waals surface area contributed by atoms with Crippen LogP contribution in [-0.4, -0.2) is 221 Å². The van der Waals surface area contributed by atoms with Gasteiger partial charge in [0.05, 0.1) is 43.5 Å². The number of esters is 1. The van der Waals surface area contributed by atoms with Gasteiger partial charge in [-0.2, -0.15) is 0 Å². The van der Waals surface area contributed by atoms with Crippen molar-refractivity contribution < 1.29 is 109 Å². The highest BCUT2D eigenvalue weighted by molar-refractivity contribution is 5.79. The first-order valence-corrected chi connectivity index (χ1v) is 26.5. The van der Waals surface area contributed by atoms with Crippen molar-refractivity contribution >= 4 is 5.97 Å². The molecular formula is C52H82O22. The number of carbonyl (C=O) groups is 1. The summed E-state index contributed by atoms with van der Waals surface area (Å²) in [7, 11) is 0. The van der Waals surface area contributed by atoms with Gasteiger partial charge in [-0.05, 0) is 98.2 Å². The SMILES string of the molecule is C=C1CC[C@]2(C(=O)O[C@@H]3O[C@H](CO[C@@H]4O[C@H](CO)[C@@H](O[C@@H]5O[C@@H](C)[C@H](O)[C@@H](O[C@@H]6OC[C@@H](O)[C@H](O)[C@H]6O)[C@H]5O)[C@H](O)[C@H]4O)[C@@H](O)[C@H](O)[C@H]3O)CC[C@]3(C)C(=CC[C@@H]4[C@@]5(C)C[C@@H](O)[C@H](O)C(C)(C)[C@@H]5CC[C@]43C)[C@@H]2C1. The van der Waals surface area contributed by atoms with Crippen molar-refractivity contribution in [3.63, 3.8) is 0 Å². The van der Waals surface area contributed by atoms with E-state index in [0.717, 1.165) is 24.8 Å². The van der Waals surface area contributed by atoms with Gasteiger partial charge < -0.3 is 104 Å². The van der Waals surface area contributed by atoms with Gasteiger partial charge in [0.1, 0.15) is 85.5 Å². The summed E-state index contributed by atoms with van der Waals surface area (Å²) in [5, 5.41) is 141. The number of rotatable bonds is 10. The van der Waals surface area contributed by atoms with E-state index in [-0.39, 0.29) is 34.0 Å². The third-order valence-corrected chi connectivity index (χ3v) is 20.4. The summed E-state index contributed by atoms with van der Waals surface area (Å²) in [5.74, 6) is -0.515. The highest BCUT2D eigenvalue weighted by Gasteiger charge is 2.70. The third kappa shape index (κ3) is 9.09. The summed E-state index contributed by atoms with van der Waals surface area (Å²) in [6.45, 7) is 15.0. The van der Waals surface area contributed by atoms with Crippen LogP contribution in [0.2, 0.25) is 0 Å². The molecule has 5 aliphatic carbocycles. The third-order valence-electron chi connectivity index (χ3n) is 20.4. The minimum atomic E-state index is -1.94. The number of allylic oxidation sites excluding steroid dienone is 3. The number of carbonyl (C=O) groups excluding carboxylic acids is 1. The number of ether oxygens (including phenoxy) is 8. The Hall–Kier alpha value is -1.85. The topological polar surface area (TPSA) is 354 Å². The lowest BCUT2D eigenvalue weighted by molar-refractivity contribution is -0.375. The number of aliphatic hydroxyl groups excluding tert-OH is 13. The quantitative estimate of drug-likeness (QED) is 0.0842. The Morgan fingerprint density at radius 2 is 1.35 bits per heavy atom.